The van der Waals surface area contributed by atoms with Gasteiger partial charge in [0.1, 0.15) is 4.88 Å². The van der Waals surface area contributed by atoms with E-state index in [0.717, 1.165) is 0 Å². The quantitative estimate of drug-likeness (QED) is 0.744. The minimum atomic E-state index is -0.122. The summed E-state index contributed by atoms with van der Waals surface area (Å²) in [6.45, 7) is 2.45. The number of carbonyl (C=O) groups excluding carboxylic acids is 1. The fourth-order valence-electron chi connectivity index (χ4n) is 0.747. The standard InChI is InChI=1S/C8H12N2O2S/c1-6(4-11)2-10-8(12)7-3-9-5-13-7/h3,5-6,11H,2,4H2,1H3,(H,10,12). The second-order valence-electron chi connectivity index (χ2n) is 2.86. The van der Waals surface area contributed by atoms with Gasteiger partial charge < -0.3 is 10.4 Å². The predicted octanol–water partition coefficient (Wildman–Crippen LogP) is 0.501. The van der Waals surface area contributed by atoms with Crippen molar-refractivity contribution in [3.05, 3.63) is 16.6 Å². The molecular weight excluding hydrogens is 188 g/mol. The molecular formula is C8H12N2O2S. The van der Waals surface area contributed by atoms with Gasteiger partial charge in [0.2, 0.25) is 0 Å². The smallest absolute Gasteiger partial charge is 0.263 e. The summed E-state index contributed by atoms with van der Waals surface area (Å²) in [6.07, 6.45) is 1.53. The van der Waals surface area contributed by atoms with Gasteiger partial charge in [0.25, 0.3) is 5.91 Å². The lowest BCUT2D eigenvalue weighted by atomic mass is 10.2. The number of hydrogen-bond acceptors (Lipinski definition) is 4. The van der Waals surface area contributed by atoms with Crippen LogP contribution in [0, 0.1) is 5.92 Å². The molecule has 0 aromatic carbocycles. The van der Waals surface area contributed by atoms with E-state index in [1.165, 1.54) is 17.5 Å². The van der Waals surface area contributed by atoms with Crippen molar-refractivity contribution in [3.63, 3.8) is 0 Å². The van der Waals surface area contributed by atoms with Crippen molar-refractivity contribution < 1.29 is 9.90 Å². The first-order valence-electron chi connectivity index (χ1n) is 4.01. The van der Waals surface area contributed by atoms with E-state index in [2.05, 4.69) is 10.3 Å². The zero-order valence-electron chi connectivity index (χ0n) is 7.36. The minimum Gasteiger partial charge on any atom is -0.396 e. The monoisotopic (exact) mass is 200 g/mol. The minimum absolute atomic E-state index is 0.0863. The van der Waals surface area contributed by atoms with E-state index in [0.29, 0.717) is 11.4 Å². The van der Waals surface area contributed by atoms with Crippen LogP contribution in [0.2, 0.25) is 0 Å². The second-order valence-corrected chi connectivity index (χ2v) is 3.75. The first-order valence-corrected chi connectivity index (χ1v) is 4.89. The molecule has 2 N–H and O–H groups in total. The number of aliphatic hydroxyl groups is 1. The third-order valence-corrected chi connectivity index (χ3v) is 2.35. The average molecular weight is 200 g/mol. The topological polar surface area (TPSA) is 62.2 Å². The Labute approximate surface area is 80.6 Å². The molecule has 0 bridgehead atoms. The molecule has 0 saturated heterocycles. The summed E-state index contributed by atoms with van der Waals surface area (Å²) in [7, 11) is 0. The molecule has 0 aliphatic heterocycles. The maximum absolute atomic E-state index is 11.3. The molecule has 0 fully saturated rings. The van der Waals surface area contributed by atoms with Crippen LogP contribution < -0.4 is 5.32 Å². The predicted molar refractivity (Wildman–Crippen MR) is 50.7 cm³/mol. The number of nitrogens with one attached hydrogen (secondary N) is 1. The number of amides is 1. The Morgan fingerprint density at radius 3 is 3.15 bits per heavy atom. The van der Waals surface area contributed by atoms with Crippen LogP contribution in [0.25, 0.3) is 0 Å². The van der Waals surface area contributed by atoms with Gasteiger partial charge in [-0.05, 0) is 5.92 Å². The molecule has 5 heteroatoms. The molecule has 0 radical (unpaired) electrons. The Balaban J connectivity index is 2.35. The number of hydrogen-bond donors (Lipinski definition) is 2. The van der Waals surface area contributed by atoms with E-state index < -0.39 is 0 Å². The molecule has 1 amide bonds. The van der Waals surface area contributed by atoms with Crippen LogP contribution in [0.5, 0.6) is 0 Å². The van der Waals surface area contributed by atoms with E-state index in [1.807, 2.05) is 6.92 Å². The van der Waals surface area contributed by atoms with E-state index >= 15 is 0 Å². The third kappa shape index (κ3) is 3.12. The van der Waals surface area contributed by atoms with Crippen molar-refractivity contribution in [1.29, 1.82) is 0 Å². The van der Waals surface area contributed by atoms with Crippen LogP contribution in [0.4, 0.5) is 0 Å². The molecule has 0 saturated carbocycles. The Bertz CT molecular complexity index is 261. The van der Waals surface area contributed by atoms with Gasteiger partial charge in [0, 0.05) is 13.2 Å². The van der Waals surface area contributed by atoms with E-state index in [-0.39, 0.29) is 18.4 Å². The Morgan fingerprint density at radius 1 is 1.85 bits per heavy atom. The molecule has 13 heavy (non-hydrogen) atoms. The molecule has 0 aliphatic rings. The Hall–Kier alpha value is -0.940. The number of nitrogens with zero attached hydrogens (tertiary/aromatic N) is 1. The fourth-order valence-corrected chi connectivity index (χ4v) is 1.28. The first-order chi connectivity index (χ1) is 6.24. The first kappa shape index (κ1) is 10.1. The van der Waals surface area contributed by atoms with Crippen LogP contribution >= 0.6 is 11.3 Å². The summed E-state index contributed by atoms with van der Waals surface area (Å²) in [5.74, 6) is -0.0281. The van der Waals surface area contributed by atoms with Gasteiger partial charge >= 0.3 is 0 Å². The lowest BCUT2D eigenvalue weighted by Gasteiger charge is -2.07. The largest absolute Gasteiger partial charge is 0.396 e. The molecule has 1 unspecified atom stereocenters. The van der Waals surface area contributed by atoms with Gasteiger partial charge in [-0.25, -0.2) is 0 Å². The molecule has 1 aromatic rings. The molecule has 0 aliphatic carbocycles. The summed E-state index contributed by atoms with van der Waals surface area (Å²) in [5.41, 5.74) is 1.62. The maximum Gasteiger partial charge on any atom is 0.263 e. The molecule has 0 spiro atoms. The van der Waals surface area contributed by atoms with Crippen LogP contribution in [0.1, 0.15) is 16.6 Å². The van der Waals surface area contributed by atoms with Crippen molar-refractivity contribution in [2.75, 3.05) is 13.2 Å². The number of rotatable bonds is 4. The molecule has 1 aromatic heterocycles. The van der Waals surface area contributed by atoms with E-state index in [9.17, 15) is 4.79 Å². The van der Waals surface area contributed by atoms with Crippen LogP contribution in [-0.4, -0.2) is 29.1 Å². The molecule has 72 valence electrons. The Kier molecular flexibility index (Phi) is 3.85. The van der Waals surface area contributed by atoms with Crippen LogP contribution in [0.15, 0.2) is 11.7 Å². The highest BCUT2D eigenvalue weighted by molar-refractivity contribution is 7.11. The zero-order chi connectivity index (χ0) is 9.68. The summed E-state index contributed by atoms with van der Waals surface area (Å²) in [6, 6.07) is 0. The van der Waals surface area contributed by atoms with Crippen molar-refractivity contribution >= 4 is 17.2 Å². The van der Waals surface area contributed by atoms with Gasteiger partial charge in [-0.3, -0.25) is 9.78 Å². The highest BCUT2D eigenvalue weighted by atomic mass is 32.1. The highest BCUT2D eigenvalue weighted by Gasteiger charge is 2.07. The number of thiazole rings is 1. The summed E-state index contributed by atoms with van der Waals surface area (Å²) >= 11 is 1.30. The van der Waals surface area contributed by atoms with Gasteiger partial charge in [0.05, 0.1) is 11.7 Å². The Morgan fingerprint density at radius 2 is 2.62 bits per heavy atom. The molecule has 1 heterocycles. The van der Waals surface area contributed by atoms with Crippen molar-refractivity contribution in [1.82, 2.24) is 10.3 Å². The van der Waals surface area contributed by atoms with E-state index in [1.54, 1.807) is 5.51 Å². The van der Waals surface area contributed by atoms with Crippen molar-refractivity contribution in [2.45, 2.75) is 6.92 Å². The lowest BCUT2D eigenvalue weighted by Crippen LogP contribution is -2.28. The third-order valence-electron chi connectivity index (χ3n) is 1.58. The average Bonchev–Trinajstić information content (AvgIpc) is 2.66. The van der Waals surface area contributed by atoms with Crippen molar-refractivity contribution in [2.24, 2.45) is 5.92 Å². The SMILES string of the molecule is CC(CO)CNC(=O)c1cncs1. The molecule has 4 nitrogen and oxygen atoms in total. The molecule has 1 atom stereocenters. The number of aliphatic hydroxyl groups excluding tert-OH is 1. The zero-order valence-corrected chi connectivity index (χ0v) is 8.17. The lowest BCUT2D eigenvalue weighted by molar-refractivity contribution is 0.0946. The summed E-state index contributed by atoms with van der Waals surface area (Å²) in [4.78, 5) is 15.7. The van der Waals surface area contributed by atoms with E-state index in [4.69, 9.17) is 5.11 Å². The normalized spacial score (nSPS) is 12.5. The highest BCUT2D eigenvalue weighted by Crippen LogP contribution is 2.04. The van der Waals surface area contributed by atoms with Crippen LogP contribution in [0.3, 0.4) is 0 Å². The second kappa shape index (κ2) is 4.94. The van der Waals surface area contributed by atoms with Crippen LogP contribution in [-0.2, 0) is 0 Å². The number of carbonyl (C=O) groups is 1. The van der Waals surface area contributed by atoms with Crippen molar-refractivity contribution in [3.8, 4) is 0 Å². The van der Waals surface area contributed by atoms with Gasteiger partial charge in [0.15, 0.2) is 0 Å². The van der Waals surface area contributed by atoms with Gasteiger partial charge in [-0.2, -0.15) is 0 Å². The summed E-state index contributed by atoms with van der Waals surface area (Å²) < 4.78 is 0. The fraction of sp³-hybridized carbons (Fsp3) is 0.500. The van der Waals surface area contributed by atoms with Gasteiger partial charge in [-0.1, -0.05) is 6.92 Å². The number of aromatic nitrogens is 1. The summed E-state index contributed by atoms with van der Waals surface area (Å²) in [5, 5.41) is 11.4. The van der Waals surface area contributed by atoms with Gasteiger partial charge in [-0.15, -0.1) is 11.3 Å². The molecule has 1 rings (SSSR count). The maximum atomic E-state index is 11.3.